The van der Waals surface area contributed by atoms with Gasteiger partial charge in [0.05, 0.1) is 4.90 Å². The second kappa shape index (κ2) is 8.88. The van der Waals surface area contributed by atoms with Gasteiger partial charge in [-0.1, -0.05) is 25.1 Å². The summed E-state index contributed by atoms with van der Waals surface area (Å²) in [5.41, 5.74) is 6.24. The lowest BCUT2D eigenvalue weighted by Crippen LogP contribution is -2.30. The molecule has 0 radical (unpaired) electrons. The molecule has 1 unspecified atom stereocenters. The number of amides is 1. The Balaban J connectivity index is 2.23. The van der Waals surface area contributed by atoms with Gasteiger partial charge in [0.15, 0.2) is 0 Å². The number of carbonyl (C=O) groups excluding carboxylic acids is 1. The number of hydrogen-bond acceptors (Lipinski definition) is 4. The van der Waals surface area contributed by atoms with Gasteiger partial charge < -0.3 is 11.1 Å². The molecule has 0 spiro atoms. The van der Waals surface area contributed by atoms with Crippen LogP contribution in [0.15, 0.2) is 53.4 Å². The lowest BCUT2D eigenvalue weighted by molar-refractivity contribution is 0.0954. The van der Waals surface area contributed by atoms with Crippen LogP contribution in [0.2, 0.25) is 0 Å². The number of nitrogens with one attached hydrogen (secondary N) is 2. The summed E-state index contributed by atoms with van der Waals surface area (Å²) < 4.78 is 41.1. The monoisotopic (exact) mass is 379 g/mol. The van der Waals surface area contributed by atoms with Crippen LogP contribution in [0.4, 0.5) is 4.39 Å². The van der Waals surface area contributed by atoms with Gasteiger partial charge >= 0.3 is 0 Å². The van der Waals surface area contributed by atoms with Gasteiger partial charge in [0.25, 0.3) is 5.91 Å². The number of carbonyl (C=O) groups is 1. The first kappa shape index (κ1) is 20.0. The number of halogens is 1. The number of sulfonamides is 1. The third-order valence-electron chi connectivity index (χ3n) is 3.81. The Bertz CT molecular complexity index is 854. The van der Waals surface area contributed by atoms with Crippen molar-refractivity contribution in [2.45, 2.75) is 24.3 Å². The van der Waals surface area contributed by atoms with Crippen molar-refractivity contribution in [3.05, 3.63) is 65.5 Å². The number of rotatable bonds is 8. The Morgan fingerprint density at radius 1 is 1.19 bits per heavy atom. The van der Waals surface area contributed by atoms with Gasteiger partial charge in [-0.15, -0.1) is 0 Å². The van der Waals surface area contributed by atoms with Gasteiger partial charge in [-0.05, 0) is 42.3 Å². The molecule has 0 aliphatic rings. The number of hydrogen-bond donors (Lipinski definition) is 3. The summed E-state index contributed by atoms with van der Waals surface area (Å²) in [6.07, 6.45) is 0.488. The number of nitrogens with two attached hydrogens (primary N) is 1. The molecule has 1 amide bonds. The van der Waals surface area contributed by atoms with E-state index in [0.29, 0.717) is 25.1 Å². The van der Waals surface area contributed by atoms with Crippen LogP contribution in [-0.2, 0) is 10.0 Å². The van der Waals surface area contributed by atoms with E-state index in [4.69, 9.17) is 5.73 Å². The predicted octanol–water partition coefficient (Wildman–Crippen LogP) is 1.94. The summed E-state index contributed by atoms with van der Waals surface area (Å²) in [5, 5.41) is 2.60. The second-order valence-corrected chi connectivity index (χ2v) is 7.42. The van der Waals surface area contributed by atoms with Crippen LogP contribution in [0.5, 0.6) is 0 Å². The fourth-order valence-electron chi connectivity index (χ4n) is 2.43. The maximum Gasteiger partial charge on any atom is 0.251 e. The molecule has 0 heterocycles. The molecule has 2 aromatic rings. The summed E-state index contributed by atoms with van der Waals surface area (Å²) in [7, 11) is -3.85. The van der Waals surface area contributed by atoms with Crippen molar-refractivity contribution >= 4 is 15.9 Å². The van der Waals surface area contributed by atoms with E-state index in [9.17, 15) is 17.6 Å². The Morgan fingerprint density at radius 3 is 2.50 bits per heavy atom. The molecular weight excluding hydrogens is 357 g/mol. The molecule has 0 saturated heterocycles. The molecule has 26 heavy (non-hydrogen) atoms. The zero-order chi connectivity index (χ0) is 19.2. The molecule has 0 saturated carbocycles. The zero-order valence-electron chi connectivity index (χ0n) is 14.4. The molecule has 140 valence electrons. The first-order valence-electron chi connectivity index (χ1n) is 8.23. The van der Waals surface area contributed by atoms with Gasteiger partial charge in [-0.3, -0.25) is 4.79 Å². The fraction of sp³-hybridized carbons (Fsp3) is 0.278. The van der Waals surface area contributed by atoms with Gasteiger partial charge in [0.2, 0.25) is 10.0 Å². The highest BCUT2D eigenvalue weighted by atomic mass is 32.2. The van der Waals surface area contributed by atoms with Gasteiger partial charge in [0, 0.05) is 24.7 Å². The van der Waals surface area contributed by atoms with Gasteiger partial charge in [-0.2, -0.15) is 0 Å². The van der Waals surface area contributed by atoms with Crippen molar-refractivity contribution in [2.24, 2.45) is 5.73 Å². The highest BCUT2D eigenvalue weighted by Crippen LogP contribution is 2.21. The Hall–Kier alpha value is -2.29. The summed E-state index contributed by atoms with van der Waals surface area (Å²) >= 11 is 0. The average Bonchev–Trinajstić information content (AvgIpc) is 2.65. The molecule has 2 rings (SSSR count). The fourth-order valence-corrected chi connectivity index (χ4v) is 3.78. The zero-order valence-corrected chi connectivity index (χ0v) is 15.2. The maximum absolute atomic E-state index is 13.1. The molecule has 0 aliphatic heterocycles. The quantitative estimate of drug-likeness (QED) is 0.652. The molecule has 4 N–H and O–H groups in total. The maximum atomic E-state index is 13.1. The van der Waals surface area contributed by atoms with Crippen molar-refractivity contribution in [2.75, 3.05) is 13.1 Å². The largest absolute Gasteiger partial charge is 0.351 e. The third-order valence-corrected chi connectivity index (χ3v) is 5.28. The van der Waals surface area contributed by atoms with Crippen LogP contribution in [-0.4, -0.2) is 27.4 Å². The Morgan fingerprint density at radius 2 is 1.88 bits per heavy atom. The van der Waals surface area contributed by atoms with Gasteiger partial charge in [-0.25, -0.2) is 17.5 Å². The van der Waals surface area contributed by atoms with E-state index < -0.39 is 22.0 Å². The summed E-state index contributed by atoms with van der Waals surface area (Å²) in [5.74, 6) is -0.777. The predicted molar refractivity (Wildman–Crippen MR) is 97.6 cm³/mol. The Labute approximate surface area is 152 Å². The minimum Gasteiger partial charge on any atom is -0.351 e. The van der Waals surface area contributed by atoms with E-state index in [1.54, 1.807) is 12.1 Å². The molecule has 0 bridgehead atoms. The normalized spacial score (nSPS) is 12.6. The molecule has 6 nitrogen and oxygen atoms in total. The van der Waals surface area contributed by atoms with E-state index in [1.165, 1.54) is 36.4 Å². The summed E-state index contributed by atoms with van der Waals surface area (Å²) in [6, 6.07) is 10.9. The van der Waals surface area contributed by atoms with Crippen LogP contribution in [0.25, 0.3) is 0 Å². The first-order chi connectivity index (χ1) is 12.4. The number of benzene rings is 2. The Kier molecular flexibility index (Phi) is 6.84. The molecule has 0 aromatic heterocycles. The van der Waals surface area contributed by atoms with Crippen LogP contribution < -0.4 is 15.8 Å². The van der Waals surface area contributed by atoms with E-state index in [-0.39, 0.29) is 16.3 Å². The molecular formula is C18H22FN3O3S. The van der Waals surface area contributed by atoms with Crippen LogP contribution in [0.3, 0.4) is 0 Å². The van der Waals surface area contributed by atoms with Crippen LogP contribution in [0, 0.1) is 5.82 Å². The average molecular weight is 379 g/mol. The molecule has 8 heteroatoms. The van der Waals surface area contributed by atoms with Gasteiger partial charge in [0.1, 0.15) is 5.82 Å². The minimum absolute atomic E-state index is 0.0153. The standard InChI is InChI=1S/C18H22FN3O3S/c1-2-17(13-6-8-15(19)9-7-13)22-26(24,25)16-5-3-4-14(12-16)18(23)21-11-10-20/h3-9,12,17,22H,2,10-11,20H2,1H3,(H,21,23). The van der Waals surface area contributed by atoms with E-state index in [2.05, 4.69) is 10.0 Å². The van der Waals surface area contributed by atoms with Crippen molar-refractivity contribution < 1.29 is 17.6 Å². The minimum atomic E-state index is -3.85. The van der Waals surface area contributed by atoms with Crippen LogP contribution >= 0.6 is 0 Å². The third kappa shape index (κ3) is 5.10. The highest BCUT2D eigenvalue weighted by Gasteiger charge is 2.21. The van der Waals surface area contributed by atoms with E-state index >= 15 is 0 Å². The summed E-state index contributed by atoms with van der Waals surface area (Å²) in [4.78, 5) is 12.0. The van der Waals surface area contributed by atoms with Crippen LogP contribution in [0.1, 0.15) is 35.3 Å². The molecule has 1 atom stereocenters. The first-order valence-corrected chi connectivity index (χ1v) is 9.72. The molecule has 0 fully saturated rings. The lowest BCUT2D eigenvalue weighted by atomic mass is 10.1. The highest BCUT2D eigenvalue weighted by molar-refractivity contribution is 7.89. The van der Waals surface area contributed by atoms with Crippen molar-refractivity contribution in [3.63, 3.8) is 0 Å². The van der Waals surface area contributed by atoms with Crippen molar-refractivity contribution in [1.29, 1.82) is 0 Å². The summed E-state index contributed by atoms with van der Waals surface area (Å²) in [6.45, 7) is 2.42. The lowest BCUT2D eigenvalue weighted by Gasteiger charge is -2.18. The van der Waals surface area contributed by atoms with E-state index in [1.807, 2.05) is 6.92 Å². The smallest absolute Gasteiger partial charge is 0.251 e. The van der Waals surface area contributed by atoms with Crippen molar-refractivity contribution in [3.8, 4) is 0 Å². The topological polar surface area (TPSA) is 101 Å². The van der Waals surface area contributed by atoms with Crippen molar-refractivity contribution in [1.82, 2.24) is 10.0 Å². The molecule has 2 aromatic carbocycles. The second-order valence-electron chi connectivity index (χ2n) is 5.71. The molecule has 0 aliphatic carbocycles. The SMILES string of the molecule is CCC(NS(=O)(=O)c1cccc(C(=O)NCCN)c1)c1ccc(F)cc1. The van der Waals surface area contributed by atoms with E-state index in [0.717, 1.165) is 0 Å².